The van der Waals surface area contributed by atoms with Crippen LogP contribution in [-0.4, -0.2) is 11.8 Å². The predicted octanol–water partition coefficient (Wildman–Crippen LogP) is 11.5. The van der Waals surface area contributed by atoms with E-state index in [-0.39, 0.29) is 0 Å². The van der Waals surface area contributed by atoms with Crippen molar-refractivity contribution in [1.29, 1.82) is 0 Å². The van der Waals surface area contributed by atoms with E-state index in [1.165, 1.54) is 96.4 Å². The van der Waals surface area contributed by atoms with Crippen LogP contribution in [-0.2, 0) is 6.42 Å². The molecule has 0 amide bonds. The van der Waals surface area contributed by atoms with E-state index in [1.807, 2.05) is 0 Å². The van der Waals surface area contributed by atoms with Crippen molar-refractivity contribution in [2.75, 3.05) is 5.32 Å². The number of para-hydroxylation sites is 1. The molecule has 0 spiro atoms. The Morgan fingerprint density at radius 2 is 1.46 bits per heavy atom. The van der Waals surface area contributed by atoms with Crippen LogP contribution >= 0.6 is 0 Å². The van der Waals surface area contributed by atoms with Crippen molar-refractivity contribution < 1.29 is 4.42 Å². The van der Waals surface area contributed by atoms with E-state index in [0.29, 0.717) is 7.28 Å². The number of anilines is 2. The molecule has 10 rings (SSSR count). The van der Waals surface area contributed by atoms with Crippen molar-refractivity contribution in [1.82, 2.24) is 4.57 Å². The number of benzene rings is 7. The van der Waals surface area contributed by atoms with Gasteiger partial charge in [-0.3, -0.25) is 0 Å². The van der Waals surface area contributed by atoms with Gasteiger partial charge in [-0.25, -0.2) is 0 Å². The number of furan rings is 1. The molecule has 1 aliphatic rings. The number of aromatic nitrogens is 1. The van der Waals surface area contributed by atoms with E-state index < -0.39 is 0 Å². The van der Waals surface area contributed by atoms with Gasteiger partial charge in [-0.1, -0.05) is 129 Å². The summed E-state index contributed by atoms with van der Waals surface area (Å²) >= 11 is 0. The second kappa shape index (κ2) is 12.3. The Morgan fingerprint density at radius 3 is 2.33 bits per heavy atom. The van der Waals surface area contributed by atoms with Crippen LogP contribution < -0.4 is 16.4 Å². The number of nitrogens with zero attached hydrogens (tertiary/aromatic N) is 1. The fourth-order valence-electron chi connectivity index (χ4n) is 8.67. The molecule has 3 nitrogen and oxygen atoms in total. The highest BCUT2D eigenvalue weighted by atomic mass is 16.3. The monoisotopic (exact) mass is 670 g/mol. The Hall–Kier alpha value is -6.00. The summed E-state index contributed by atoms with van der Waals surface area (Å²) in [5.41, 5.74) is 16.7. The molecular formula is C48H39BN2O. The molecule has 250 valence electrons. The van der Waals surface area contributed by atoms with E-state index in [4.69, 9.17) is 4.42 Å². The largest absolute Gasteiger partial charge is 0.469 e. The molecule has 0 saturated heterocycles. The minimum atomic E-state index is 0.714. The molecule has 3 heterocycles. The molecule has 1 aliphatic heterocycles. The average Bonchev–Trinajstić information content (AvgIpc) is 3.74. The zero-order valence-corrected chi connectivity index (χ0v) is 29.7. The zero-order valence-electron chi connectivity index (χ0n) is 29.7. The summed E-state index contributed by atoms with van der Waals surface area (Å²) in [5, 5.41) is 10.0. The molecule has 0 fully saturated rings. The predicted molar refractivity (Wildman–Crippen MR) is 223 cm³/mol. The van der Waals surface area contributed by atoms with Crippen molar-refractivity contribution in [2.45, 2.75) is 39.5 Å². The molecular weight excluding hydrogens is 631 g/mol. The van der Waals surface area contributed by atoms with Crippen LogP contribution in [0.2, 0.25) is 0 Å². The van der Waals surface area contributed by atoms with Crippen LogP contribution in [0.15, 0.2) is 144 Å². The van der Waals surface area contributed by atoms with Crippen LogP contribution in [0.5, 0.6) is 0 Å². The molecule has 9 aromatic rings. The minimum Gasteiger partial charge on any atom is -0.469 e. The van der Waals surface area contributed by atoms with Crippen LogP contribution in [0.25, 0.3) is 71.5 Å². The van der Waals surface area contributed by atoms with Crippen molar-refractivity contribution in [2.24, 2.45) is 0 Å². The first-order valence-corrected chi connectivity index (χ1v) is 18.7. The SMILES string of the molecule is CCCCCc1ccc(Nc2ccccc2-c2cc(C)c3c4ccc5ccccc5c4n4c3c2Bc2oc3ccc(-c5ccccc5)cc3c2-4)cc1. The second-order valence-electron chi connectivity index (χ2n) is 14.4. The van der Waals surface area contributed by atoms with Crippen LogP contribution in [0.1, 0.15) is 37.3 Å². The summed E-state index contributed by atoms with van der Waals surface area (Å²) in [5.74, 6) is 0. The highest BCUT2D eigenvalue weighted by Crippen LogP contribution is 2.43. The Bertz CT molecular complexity index is 2810. The third-order valence-electron chi connectivity index (χ3n) is 11.1. The number of hydrogen-bond acceptors (Lipinski definition) is 2. The van der Waals surface area contributed by atoms with Gasteiger partial charge in [0.15, 0.2) is 0 Å². The molecule has 52 heavy (non-hydrogen) atoms. The van der Waals surface area contributed by atoms with E-state index in [2.05, 4.69) is 163 Å². The maximum Gasteiger partial charge on any atom is 0.244 e. The van der Waals surface area contributed by atoms with Gasteiger partial charge in [0.1, 0.15) is 5.58 Å². The van der Waals surface area contributed by atoms with Crippen LogP contribution in [0.3, 0.4) is 0 Å². The number of hydrogen-bond donors (Lipinski definition) is 1. The van der Waals surface area contributed by atoms with Crippen LogP contribution in [0.4, 0.5) is 11.4 Å². The van der Waals surface area contributed by atoms with Crippen LogP contribution in [0, 0.1) is 6.92 Å². The van der Waals surface area contributed by atoms with Gasteiger partial charge in [0.05, 0.1) is 16.9 Å². The summed E-state index contributed by atoms with van der Waals surface area (Å²) < 4.78 is 9.40. The lowest BCUT2D eigenvalue weighted by atomic mass is 9.62. The normalized spacial score (nSPS) is 12.1. The Balaban J connectivity index is 1.21. The summed E-state index contributed by atoms with van der Waals surface area (Å²) in [6.07, 6.45) is 4.89. The highest BCUT2D eigenvalue weighted by molar-refractivity contribution is 6.73. The number of rotatable bonds is 8. The first-order valence-electron chi connectivity index (χ1n) is 18.7. The van der Waals surface area contributed by atoms with E-state index in [9.17, 15) is 0 Å². The van der Waals surface area contributed by atoms with Gasteiger partial charge in [-0.05, 0) is 88.8 Å². The third kappa shape index (κ3) is 4.89. The van der Waals surface area contributed by atoms with E-state index in [0.717, 1.165) is 34.4 Å². The quantitative estimate of drug-likeness (QED) is 0.129. The molecule has 0 bridgehead atoms. The number of unbranched alkanes of at least 4 members (excludes halogenated alkanes) is 2. The van der Waals surface area contributed by atoms with Gasteiger partial charge in [0, 0.05) is 44.0 Å². The molecule has 0 radical (unpaired) electrons. The lowest BCUT2D eigenvalue weighted by Crippen LogP contribution is -2.36. The number of nitrogens with one attached hydrogen (secondary N) is 1. The van der Waals surface area contributed by atoms with Crippen molar-refractivity contribution in [3.63, 3.8) is 0 Å². The molecule has 0 saturated carbocycles. The van der Waals surface area contributed by atoms with E-state index in [1.54, 1.807) is 0 Å². The molecule has 2 aromatic heterocycles. The van der Waals surface area contributed by atoms with Gasteiger partial charge in [-0.2, -0.15) is 0 Å². The molecule has 7 aromatic carbocycles. The molecule has 0 unspecified atom stereocenters. The van der Waals surface area contributed by atoms with E-state index >= 15 is 0 Å². The fourth-order valence-corrected chi connectivity index (χ4v) is 8.67. The zero-order chi connectivity index (χ0) is 34.8. The van der Waals surface area contributed by atoms with Crippen molar-refractivity contribution in [3.05, 3.63) is 151 Å². The minimum absolute atomic E-state index is 0.714. The van der Waals surface area contributed by atoms with Gasteiger partial charge >= 0.3 is 0 Å². The highest BCUT2D eigenvalue weighted by Gasteiger charge is 2.32. The Morgan fingerprint density at radius 1 is 0.654 bits per heavy atom. The number of fused-ring (bicyclic) bond motifs is 9. The maximum atomic E-state index is 6.86. The molecule has 1 N–H and O–H groups in total. The summed E-state index contributed by atoms with van der Waals surface area (Å²) in [7, 11) is 0.714. The first-order chi connectivity index (χ1) is 25.7. The molecule has 0 atom stereocenters. The average molecular weight is 671 g/mol. The first kappa shape index (κ1) is 30.8. The third-order valence-corrected chi connectivity index (χ3v) is 11.1. The van der Waals surface area contributed by atoms with Crippen molar-refractivity contribution >= 4 is 73.3 Å². The summed E-state index contributed by atoms with van der Waals surface area (Å²) in [6.45, 7) is 4.54. The summed E-state index contributed by atoms with van der Waals surface area (Å²) in [4.78, 5) is 0. The van der Waals surface area contributed by atoms with Gasteiger partial charge < -0.3 is 14.3 Å². The van der Waals surface area contributed by atoms with Crippen molar-refractivity contribution in [3.8, 4) is 27.9 Å². The summed E-state index contributed by atoms with van der Waals surface area (Å²) in [6, 6.07) is 50.9. The van der Waals surface area contributed by atoms with Gasteiger partial charge in [0.25, 0.3) is 0 Å². The topological polar surface area (TPSA) is 30.1 Å². The maximum absolute atomic E-state index is 6.86. The Kier molecular flexibility index (Phi) is 7.31. The Labute approximate surface area is 304 Å². The number of aryl methyl sites for hydroxylation is 2. The van der Waals surface area contributed by atoms with Gasteiger partial charge in [-0.15, -0.1) is 0 Å². The smallest absolute Gasteiger partial charge is 0.244 e. The second-order valence-corrected chi connectivity index (χ2v) is 14.4. The lowest BCUT2D eigenvalue weighted by molar-refractivity contribution is 0.650. The fraction of sp³-hybridized carbons (Fsp3) is 0.125. The van der Waals surface area contributed by atoms with Gasteiger partial charge in [0.2, 0.25) is 7.28 Å². The standard InChI is InChI=1S/C48H39BN2O/c1-3-4-6-13-31-20-24-35(25-21-31)50-41-19-12-11-18-37(41)39-28-30(2)43-38-26-22-33-16-9-10-17-36(33)45(38)51-46-40-29-34(32-14-7-5-8-15-32)23-27-42(40)52-48(46)49-44(39)47(43)51/h5,7-12,14-29,49-50H,3-4,6,13H2,1-2H3. The molecule has 0 aliphatic carbocycles. The lowest BCUT2D eigenvalue weighted by Gasteiger charge is -2.22. The molecule has 4 heteroatoms.